The van der Waals surface area contributed by atoms with Crippen LogP contribution in [0.2, 0.25) is 0 Å². The second-order valence-corrected chi connectivity index (χ2v) is 8.72. The molecule has 4 aromatic rings. The van der Waals surface area contributed by atoms with Gasteiger partial charge in [0.15, 0.2) is 0 Å². The van der Waals surface area contributed by atoms with Gasteiger partial charge in [-0.3, -0.25) is 0 Å². The van der Waals surface area contributed by atoms with Gasteiger partial charge in [-0.2, -0.15) is 5.26 Å². The summed E-state index contributed by atoms with van der Waals surface area (Å²) in [7, 11) is 0. The highest BCUT2D eigenvalue weighted by atomic mass is 19.3. The lowest BCUT2D eigenvalue weighted by Crippen LogP contribution is -2.46. The molecule has 1 aliphatic heterocycles. The fourth-order valence-electron chi connectivity index (χ4n) is 4.47. The van der Waals surface area contributed by atoms with E-state index in [4.69, 9.17) is 4.98 Å². The molecule has 0 aliphatic carbocycles. The number of piperidine rings is 1. The summed E-state index contributed by atoms with van der Waals surface area (Å²) in [5.41, 5.74) is 6.99. The Labute approximate surface area is 191 Å². The summed E-state index contributed by atoms with van der Waals surface area (Å²) in [5.74, 6) is -3.45. The standard InChI is InChI=1S/C27H24F2N4/c1-18-2-6-21(7-3-18)26-23(20-8-4-19(15-30)5-9-20)14-25-24(32-26)10-13-33(25)17-22-16-31-12-11-27(22,28)29/h2-10,13-14,22,31H,11-12,16-17H2,1H3/t22-/m1/s1. The van der Waals surface area contributed by atoms with Gasteiger partial charge >= 0.3 is 0 Å². The maximum Gasteiger partial charge on any atom is 0.255 e. The van der Waals surface area contributed by atoms with Crippen LogP contribution in [0.15, 0.2) is 66.9 Å². The molecule has 3 heterocycles. The van der Waals surface area contributed by atoms with Gasteiger partial charge < -0.3 is 9.88 Å². The van der Waals surface area contributed by atoms with E-state index in [-0.39, 0.29) is 13.0 Å². The molecular formula is C27H24F2N4. The van der Waals surface area contributed by atoms with Gasteiger partial charge in [-0.15, -0.1) is 0 Å². The average Bonchev–Trinajstić information content (AvgIpc) is 3.22. The van der Waals surface area contributed by atoms with Crippen molar-refractivity contribution in [1.82, 2.24) is 14.9 Å². The number of nitriles is 1. The molecule has 166 valence electrons. The normalized spacial score (nSPS) is 17.7. The number of pyridine rings is 1. The lowest BCUT2D eigenvalue weighted by molar-refractivity contribution is -0.0830. The Bertz CT molecular complexity index is 1330. The third-order valence-electron chi connectivity index (χ3n) is 6.44. The van der Waals surface area contributed by atoms with Gasteiger partial charge in [-0.05, 0) is 36.8 Å². The maximum atomic E-state index is 14.5. The fourth-order valence-corrected chi connectivity index (χ4v) is 4.47. The van der Waals surface area contributed by atoms with Gasteiger partial charge in [-0.25, -0.2) is 13.8 Å². The van der Waals surface area contributed by atoms with E-state index in [0.717, 1.165) is 39.0 Å². The van der Waals surface area contributed by atoms with Gasteiger partial charge in [0.25, 0.3) is 5.92 Å². The summed E-state index contributed by atoms with van der Waals surface area (Å²) in [4.78, 5) is 4.96. The Balaban J connectivity index is 1.63. The van der Waals surface area contributed by atoms with Crippen molar-refractivity contribution < 1.29 is 8.78 Å². The predicted octanol–water partition coefficient (Wildman–Crippen LogP) is 5.80. The third-order valence-corrected chi connectivity index (χ3v) is 6.44. The van der Waals surface area contributed by atoms with Crippen LogP contribution in [0, 0.1) is 24.2 Å². The molecule has 5 rings (SSSR count). The van der Waals surface area contributed by atoms with Crippen LogP contribution in [0.4, 0.5) is 8.78 Å². The second kappa shape index (κ2) is 8.42. The van der Waals surface area contributed by atoms with Gasteiger partial charge in [0, 0.05) is 43.4 Å². The van der Waals surface area contributed by atoms with Crippen LogP contribution in [0.1, 0.15) is 17.5 Å². The summed E-state index contributed by atoms with van der Waals surface area (Å²) >= 11 is 0. The lowest BCUT2D eigenvalue weighted by Gasteiger charge is -2.32. The van der Waals surface area contributed by atoms with E-state index >= 15 is 0 Å². The van der Waals surface area contributed by atoms with E-state index in [1.165, 1.54) is 0 Å². The topological polar surface area (TPSA) is 53.6 Å². The van der Waals surface area contributed by atoms with E-state index in [1.54, 1.807) is 12.1 Å². The first-order valence-electron chi connectivity index (χ1n) is 11.1. The molecule has 0 spiro atoms. The Morgan fingerprint density at radius 3 is 2.52 bits per heavy atom. The Kier molecular flexibility index (Phi) is 5.43. The molecule has 33 heavy (non-hydrogen) atoms. The zero-order valence-corrected chi connectivity index (χ0v) is 18.4. The number of hydrogen-bond donors (Lipinski definition) is 1. The van der Waals surface area contributed by atoms with Crippen LogP contribution < -0.4 is 5.32 Å². The molecule has 1 aliphatic rings. The molecule has 1 N–H and O–H groups in total. The van der Waals surface area contributed by atoms with E-state index < -0.39 is 11.8 Å². The molecule has 1 fully saturated rings. The number of benzene rings is 2. The molecular weight excluding hydrogens is 418 g/mol. The number of nitrogens with zero attached hydrogens (tertiary/aromatic N) is 3. The minimum absolute atomic E-state index is 0.136. The Hall–Kier alpha value is -3.56. The molecule has 0 amide bonds. The number of rotatable bonds is 4. The Morgan fingerprint density at radius 2 is 1.82 bits per heavy atom. The summed E-state index contributed by atoms with van der Waals surface area (Å²) in [6.45, 7) is 2.91. The number of aromatic nitrogens is 2. The molecule has 4 nitrogen and oxygen atoms in total. The van der Waals surface area contributed by atoms with Crippen molar-refractivity contribution in [2.45, 2.75) is 25.8 Å². The molecule has 0 unspecified atom stereocenters. The van der Waals surface area contributed by atoms with E-state index in [9.17, 15) is 14.0 Å². The molecule has 6 heteroatoms. The summed E-state index contributed by atoms with van der Waals surface area (Å²) in [6, 6.07) is 21.6. The minimum Gasteiger partial charge on any atom is -0.346 e. The minimum atomic E-state index is -2.69. The molecule has 1 atom stereocenters. The van der Waals surface area contributed by atoms with Crippen molar-refractivity contribution in [1.29, 1.82) is 5.26 Å². The zero-order chi connectivity index (χ0) is 23.0. The first kappa shape index (κ1) is 21.3. The van der Waals surface area contributed by atoms with Crippen LogP contribution in [-0.2, 0) is 6.54 Å². The van der Waals surface area contributed by atoms with Crippen LogP contribution in [-0.4, -0.2) is 28.6 Å². The second-order valence-electron chi connectivity index (χ2n) is 8.72. The number of hydrogen-bond acceptors (Lipinski definition) is 3. The first-order valence-corrected chi connectivity index (χ1v) is 11.1. The molecule has 0 saturated carbocycles. The van der Waals surface area contributed by atoms with Crippen molar-refractivity contribution in [3.8, 4) is 28.5 Å². The monoisotopic (exact) mass is 442 g/mol. The summed E-state index contributed by atoms with van der Waals surface area (Å²) in [6.07, 6.45) is 1.72. The number of aryl methyl sites for hydroxylation is 1. The summed E-state index contributed by atoms with van der Waals surface area (Å²) < 4.78 is 30.9. The molecule has 0 radical (unpaired) electrons. The number of fused-ring (bicyclic) bond motifs is 1. The van der Waals surface area contributed by atoms with Crippen LogP contribution in [0.5, 0.6) is 0 Å². The van der Waals surface area contributed by atoms with Crippen molar-refractivity contribution in [2.75, 3.05) is 13.1 Å². The zero-order valence-electron chi connectivity index (χ0n) is 18.4. The van der Waals surface area contributed by atoms with Crippen molar-refractivity contribution >= 4 is 11.0 Å². The van der Waals surface area contributed by atoms with Crippen molar-refractivity contribution in [3.05, 3.63) is 78.0 Å². The molecule has 2 aromatic heterocycles. The highest BCUT2D eigenvalue weighted by molar-refractivity contribution is 5.90. The van der Waals surface area contributed by atoms with Gasteiger partial charge in [-0.1, -0.05) is 42.0 Å². The quantitative estimate of drug-likeness (QED) is 0.435. The highest BCUT2D eigenvalue weighted by Crippen LogP contribution is 2.36. The largest absolute Gasteiger partial charge is 0.346 e. The average molecular weight is 443 g/mol. The molecule has 2 aromatic carbocycles. The lowest BCUT2D eigenvalue weighted by atomic mass is 9.94. The van der Waals surface area contributed by atoms with E-state index in [2.05, 4.69) is 11.4 Å². The van der Waals surface area contributed by atoms with Gasteiger partial charge in [0.2, 0.25) is 0 Å². The van der Waals surface area contributed by atoms with Gasteiger partial charge in [0.05, 0.1) is 34.3 Å². The van der Waals surface area contributed by atoms with Crippen LogP contribution in [0.25, 0.3) is 33.4 Å². The predicted molar refractivity (Wildman–Crippen MR) is 126 cm³/mol. The number of alkyl halides is 2. The van der Waals surface area contributed by atoms with Crippen LogP contribution >= 0.6 is 0 Å². The number of halogens is 2. The highest BCUT2D eigenvalue weighted by Gasteiger charge is 2.41. The maximum absolute atomic E-state index is 14.5. The number of nitrogens with one attached hydrogen (secondary N) is 1. The molecule has 0 bridgehead atoms. The van der Waals surface area contributed by atoms with E-state index in [1.807, 2.05) is 66.2 Å². The SMILES string of the molecule is Cc1ccc(-c2nc3ccn(C[C@H]4CNCCC4(F)F)c3cc2-c2ccc(C#N)cc2)cc1. The van der Waals surface area contributed by atoms with Crippen molar-refractivity contribution in [2.24, 2.45) is 5.92 Å². The van der Waals surface area contributed by atoms with E-state index in [0.29, 0.717) is 18.7 Å². The summed E-state index contributed by atoms with van der Waals surface area (Å²) in [5, 5.41) is 12.3. The van der Waals surface area contributed by atoms with Gasteiger partial charge in [0.1, 0.15) is 0 Å². The smallest absolute Gasteiger partial charge is 0.255 e. The first-order chi connectivity index (χ1) is 15.9. The van der Waals surface area contributed by atoms with Crippen LogP contribution in [0.3, 0.4) is 0 Å². The fraction of sp³-hybridized carbons (Fsp3) is 0.259. The molecule has 1 saturated heterocycles. The Morgan fingerprint density at radius 1 is 1.09 bits per heavy atom. The van der Waals surface area contributed by atoms with Crippen molar-refractivity contribution in [3.63, 3.8) is 0 Å². The third kappa shape index (κ3) is 4.12.